The summed E-state index contributed by atoms with van der Waals surface area (Å²) >= 11 is 0. The molecule has 3 unspecified atom stereocenters. The molecule has 20 heavy (non-hydrogen) atoms. The number of carbonyl (C=O) groups excluding carboxylic acids is 1. The van der Waals surface area contributed by atoms with Crippen LogP contribution in [-0.2, 0) is 9.53 Å². The molecule has 1 aliphatic carbocycles. The van der Waals surface area contributed by atoms with Crippen LogP contribution in [0.15, 0.2) is 0 Å². The Morgan fingerprint density at radius 3 is 2.80 bits per heavy atom. The van der Waals surface area contributed by atoms with Gasteiger partial charge in [-0.3, -0.25) is 0 Å². The first-order valence-electron chi connectivity index (χ1n) is 7.42. The molecule has 6 nitrogen and oxygen atoms in total. The average Bonchev–Trinajstić information content (AvgIpc) is 2.87. The van der Waals surface area contributed by atoms with Crippen LogP contribution in [0.25, 0.3) is 0 Å². The van der Waals surface area contributed by atoms with E-state index in [4.69, 9.17) is 9.84 Å². The zero-order valence-electron chi connectivity index (χ0n) is 12.0. The second-order valence-electron chi connectivity index (χ2n) is 5.72. The number of carboxylic acids is 1. The van der Waals surface area contributed by atoms with Crippen molar-refractivity contribution < 1.29 is 19.4 Å². The third kappa shape index (κ3) is 3.42. The second kappa shape index (κ2) is 6.92. The van der Waals surface area contributed by atoms with Gasteiger partial charge in [-0.05, 0) is 25.2 Å². The van der Waals surface area contributed by atoms with Crippen LogP contribution in [0.1, 0.15) is 38.5 Å². The van der Waals surface area contributed by atoms with Crippen LogP contribution in [0.2, 0.25) is 0 Å². The van der Waals surface area contributed by atoms with Crippen LogP contribution in [0.4, 0.5) is 4.79 Å². The van der Waals surface area contributed by atoms with Crippen molar-refractivity contribution in [2.45, 2.75) is 50.6 Å². The van der Waals surface area contributed by atoms with Gasteiger partial charge in [0, 0.05) is 32.7 Å². The van der Waals surface area contributed by atoms with Crippen molar-refractivity contribution in [1.29, 1.82) is 0 Å². The molecule has 2 N–H and O–H groups in total. The molecule has 0 aromatic heterocycles. The van der Waals surface area contributed by atoms with E-state index in [1.165, 1.54) is 20.0 Å². The van der Waals surface area contributed by atoms with E-state index in [9.17, 15) is 9.59 Å². The lowest BCUT2D eigenvalue weighted by Crippen LogP contribution is -2.50. The minimum atomic E-state index is -1.00. The number of carboxylic acid groups (broad SMARTS) is 1. The van der Waals surface area contributed by atoms with Crippen molar-refractivity contribution in [3.8, 4) is 0 Å². The lowest BCUT2D eigenvalue weighted by molar-refractivity contribution is -0.139. The maximum absolute atomic E-state index is 12.3. The van der Waals surface area contributed by atoms with Gasteiger partial charge in [0.25, 0.3) is 0 Å². The number of nitrogens with zero attached hydrogens (tertiary/aromatic N) is 1. The lowest BCUT2D eigenvalue weighted by atomic mass is 9.85. The maximum Gasteiger partial charge on any atom is 0.326 e. The van der Waals surface area contributed by atoms with E-state index in [0.29, 0.717) is 25.0 Å². The second-order valence-corrected chi connectivity index (χ2v) is 5.72. The average molecular weight is 284 g/mol. The zero-order valence-corrected chi connectivity index (χ0v) is 12.0. The van der Waals surface area contributed by atoms with Gasteiger partial charge in [-0.2, -0.15) is 0 Å². The Morgan fingerprint density at radius 1 is 1.35 bits per heavy atom. The third-order valence-electron chi connectivity index (χ3n) is 4.48. The molecule has 0 radical (unpaired) electrons. The standard InChI is InChI=1S/C14H24N2O4/c1-20-9-7-11(13(17)18)15-14(19)16-8-6-10-4-2-3-5-12(10)16/h10-12H,2-9H2,1H3,(H,15,19)(H,17,18). The molecule has 0 bridgehead atoms. The summed E-state index contributed by atoms with van der Waals surface area (Å²) in [5.41, 5.74) is 0. The largest absolute Gasteiger partial charge is 0.480 e. The molecule has 0 aromatic rings. The molecule has 0 aromatic carbocycles. The monoisotopic (exact) mass is 284 g/mol. The Bertz CT molecular complexity index is 361. The molecule has 114 valence electrons. The van der Waals surface area contributed by atoms with E-state index in [2.05, 4.69) is 5.32 Å². The Kier molecular flexibility index (Phi) is 5.23. The molecule has 1 saturated carbocycles. The van der Waals surface area contributed by atoms with Gasteiger partial charge in [-0.1, -0.05) is 12.8 Å². The Morgan fingerprint density at radius 2 is 2.10 bits per heavy atom. The number of nitrogens with one attached hydrogen (secondary N) is 1. The van der Waals surface area contributed by atoms with Crippen molar-refractivity contribution >= 4 is 12.0 Å². The zero-order chi connectivity index (χ0) is 14.5. The number of hydrogen-bond acceptors (Lipinski definition) is 3. The number of aliphatic carboxylic acids is 1. The van der Waals surface area contributed by atoms with Crippen LogP contribution in [-0.4, -0.2) is 54.4 Å². The van der Waals surface area contributed by atoms with Crippen molar-refractivity contribution in [2.24, 2.45) is 5.92 Å². The Labute approximate surface area is 119 Å². The Balaban J connectivity index is 1.91. The number of likely N-dealkylation sites (tertiary alicyclic amines) is 1. The van der Waals surface area contributed by atoms with Crippen molar-refractivity contribution in [2.75, 3.05) is 20.3 Å². The number of rotatable bonds is 5. The summed E-state index contributed by atoms with van der Waals surface area (Å²) in [6.07, 6.45) is 6.00. The first-order chi connectivity index (χ1) is 9.63. The van der Waals surface area contributed by atoms with Crippen LogP contribution in [0, 0.1) is 5.92 Å². The van der Waals surface area contributed by atoms with Gasteiger partial charge in [0.2, 0.25) is 0 Å². The molecule has 2 fully saturated rings. The predicted molar refractivity (Wildman–Crippen MR) is 73.5 cm³/mol. The minimum absolute atomic E-state index is 0.233. The van der Waals surface area contributed by atoms with Gasteiger partial charge in [0.05, 0.1) is 0 Å². The van der Waals surface area contributed by atoms with Gasteiger partial charge in [-0.15, -0.1) is 0 Å². The highest BCUT2D eigenvalue weighted by Gasteiger charge is 2.38. The number of ether oxygens (including phenoxy) is 1. The fourth-order valence-corrected chi connectivity index (χ4v) is 3.38. The smallest absolute Gasteiger partial charge is 0.326 e. The number of methoxy groups -OCH3 is 1. The predicted octanol–water partition coefficient (Wildman–Crippen LogP) is 1.45. The number of fused-ring (bicyclic) bond motifs is 1. The lowest BCUT2D eigenvalue weighted by Gasteiger charge is -2.32. The highest BCUT2D eigenvalue weighted by atomic mass is 16.5. The highest BCUT2D eigenvalue weighted by molar-refractivity contribution is 5.82. The van der Waals surface area contributed by atoms with Crippen LogP contribution in [0.3, 0.4) is 0 Å². The molecule has 1 aliphatic heterocycles. The number of urea groups is 1. The molecule has 2 aliphatic rings. The van der Waals surface area contributed by atoms with Gasteiger partial charge in [0.1, 0.15) is 6.04 Å². The maximum atomic E-state index is 12.3. The Hall–Kier alpha value is -1.30. The van der Waals surface area contributed by atoms with E-state index in [-0.39, 0.29) is 6.03 Å². The topological polar surface area (TPSA) is 78.9 Å². The number of hydrogen-bond donors (Lipinski definition) is 2. The van der Waals surface area contributed by atoms with E-state index in [1.54, 1.807) is 0 Å². The molecule has 2 amide bonds. The molecular formula is C14H24N2O4. The molecule has 3 atom stereocenters. The van der Waals surface area contributed by atoms with Gasteiger partial charge >= 0.3 is 12.0 Å². The summed E-state index contributed by atoms with van der Waals surface area (Å²) in [4.78, 5) is 25.3. The van der Waals surface area contributed by atoms with Crippen molar-refractivity contribution in [1.82, 2.24) is 10.2 Å². The normalized spacial score (nSPS) is 26.9. The molecule has 0 spiro atoms. The summed E-state index contributed by atoms with van der Waals surface area (Å²) < 4.78 is 4.89. The number of carbonyl (C=O) groups is 2. The van der Waals surface area contributed by atoms with Crippen molar-refractivity contribution in [3.63, 3.8) is 0 Å². The van der Waals surface area contributed by atoms with Crippen molar-refractivity contribution in [3.05, 3.63) is 0 Å². The van der Waals surface area contributed by atoms with Gasteiger partial charge in [-0.25, -0.2) is 9.59 Å². The first-order valence-corrected chi connectivity index (χ1v) is 7.42. The summed E-state index contributed by atoms with van der Waals surface area (Å²) in [5, 5.41) is 11.8. The van der Waals surface area contributed by atoms with Gasteiger partial charge in [0.15, 0.2) is 0 Å². The summed E-state index contributed by atoms with van der Waals surface area (Å²) in [6, 6.07) is -0.798. The molecular weight excluding hydrogens is 260 g/mol. The quantitative estimate of drug-likeness (QED) is 0.801. The van der Waals surface area contributed by atoms with Crippen LogP contribution < -0.4 is 5.32 Å². The van der Waals surface area contributed by atoms with E-state index >= 15 is 0 Å². The summed E-state index contributed by atoms with van der Waals surface area (Å²) in [5.74, 6) is -0.397. The van der Waals surface area contributed by atoms with Crippen LogP contribution in [0.5, 0.6) is 0 Å². The molecule has 1 heterocycles. The first kappa shape index (κ1) is 15.1. The van der Waals surface area contributed by atoms with Gasteiger partial charge < -0.3 is 20.1 Å². The fraction of sp³-hybridized carbons (Fsp3) is 0.857. The van der Waals surface area contributed by atoms with E-state index in [1.807, 2.05) is 4.90 Å². The fourth-order valence-electron chi connectivity index (χ4n) is 3.38. The SMILES string of the molecule is COCCC(NC(=O)N1CCC2CCCCC21)C(=O)O. The summed E-state index contributed by atoms with van der Waals surface area (Å²) in [6.45, 7) is 1.07. The number of amides is 2. The molecule has 2 rings (SSSR count). The molecule has 1 saturated heterocycles. The minimum Gasteiger partial charge on any atom is -0.480 e. The van der Waals surface area contributed by atoms with Crippen LogP contribution >= 0.6 is 0 Å². The summed E-state index contributed by atoms with van der Waals surface area (Å²) in [7, 11) is 1.52. The molecule has 6 heteroatoms. The van der Waals surface area contributed by atoms with E-state index < -0.39 is 12.0 Å². The van der Waals surface area contributed by atoms with E-state index in [0.717, 1.165) is 25.8 Å². The third-order valence-corrected chi connectivity index (χ3v) is 4.48. The highest BCUT2D eigenvalue weighted by Crippen LogP contribution is 2.36.